The van der Waals surface area contributed by atoms with Gasteiger partial charge in [0.15, 0.2) is 0 Å². The molecule has 0 amide bonds. The minimum Gasteiger partial charge on any atom is -0.480 e. The van der Waals surface area contributed by atoms with Crippen LogP contribution in [0.4, 0.5) is 0 Å². The average Bonchev–Trinajstić information content (AvgIpc) is 3.07. The van der Waals surface area contributed by atoms with Gasteiger partial charge in [-0.3, -0.25) is 9.69 Å². The first kappa shape index (κ1) is 17.2. The topological polar surface area (TPSA) is 40.5 Å². The Balaban J connectivity index is 2.06. The number of likely N-dealkylation sites (tertiary alicyclic amines) is 1. The second-order valence-electron chi connectivity index (χ2n) is 6.25. The third-order valence-corrected chi connectivity index (χ3v) is 5.54. The molecule has 0 aromatic heterocycles. The third kappa shape index (κ3) is 3.40. The highest BCUT2D eigenvalue weighted by molar-refractivity contribution is 9.10. The summed E-state index contributed by atoms with van der Waals surface area (Å²) in [4.78, 5) is 13.8. The first-order valence-electron chi connectivity index (χ1n) is 8.43. The van der Waals surface area contributed by atoms with Gasteiger partial charge in [-0.2, -0.15) is 0 Å². The van der Waals surface area contributed by atoms with E-state index in [4.69, 9.17) is 0 Å². The predicted octanol–water partition coefficient (Wildman–Crippen LogP) is 4.65. The van der Waals surface area contributed by atoms with Crippen molar-refractivity contribution in [2.75, 3.05) is 6.54 Å². The van der Waals surface area contributed by atoms with Crippen LogP contribution in [0.1, 0.15) is 42.5 Å². The summed E-state index contributed by atoms with van der Waals surface area (Å²) in [5.74, 6) is -0.727. The molecule has 126 valence electrons. The van der Waals surface area contributed by atoms with Crippen LogP contribution in [0, 0.1) is 0 Å². The van der Waals surface area contributed by atoms with Gasteiger partial charge in [0.1, 0.15) is 6.04 Å². The summed E-state index contributed by atoms with van der Waals surface area (Å²) in [6, 6.07) is 16.2. The molecular weight excluding hydrogens is 366 g/mol. The van der Waals surface area contributed by atoms with Crippen LogP contribution in [0.2, 0.25) is 0 Å². The minimum atomic E-state index is -0.727. The first-order valence-corrected chi connectivity index (χ1v) is 9.23. The Bertz CT molecular complexity index is 714. The van der Waals surface area contributed by atoms with E-state index in [1.807, 2.05) is 18.2 Å². The number of benzene rings is 2. The number of aliphatic carboxylic acids is 1. The van der Waals surface area contributed by atoms with Crippen LogP contribution in [0.5, 0.6) is 0 Å². The molecule has 1 heterocycles. The Morgan fingerprint density at radius 1 is 1.25 bits per heavy atom. The van der Waals surface area contributed by atoms with Gasteiger partial charge in [0.2, 0.25) is 0 Å². The van der Waals surface area contributed by atoms with Gasteiger partial charge >= 0.3 is 5.97 Å². The molecular formula is C20H22BrNO2. The van der Waals surface area contributed by atoms with E-state index in [0.717, 1.165) is 35.0 Å². The molecule has 3 rings (SSSR count). The number of nitrogens with zero attached hydrogens (tertiary/aromatic N) is 1. The van der Waals surface area contributed by atoms with Crippen LogP contribution in [0.3, 0.4) is 0 Å². The largest absolute Gasteiger partial charge is 0.480 e. The van der Waals surface area contributed by atoms with Crippen LogP contribution >= 0.6 is 15.9 Å². The maximum absolute atomic E-state index is 11.7. The lowest BCUT2D eigenvalue weighted by Crippen LogP contribution is -2.39. The molecule has 2 unspecified atom stereocenters. The monoisotopic (exact) mass is 387 g/mol. The Morgan fingerprint density at radius 2 is 1.96 bits per heavy atom. The first-order chi connectivity index (χ1) is 11.6. The van der Waals surface area contributed by atoms with E-state index in [0.29, 0.717) is 6.42 Å². The highest BCUT2D eigenvalue weighted by atomic mass is 79.9. The van der Waals surface area contributed by atoms with Crippen molar-refractivity contribution < 1.29 is 9.90 Å². The molecule has 2 atom stereocenters. The van der Waals surface area contributed by atoms with E-state index in [2.05, 4.69) is 58.1 Å². The zero-order valence-corrected chi connectivity index (χ0v) is 15.4. The van der Waals surface area contributed by atoms with Gasteiger partial charge in [0.05, 0.1) is 6.04 Å². The highest BCUT2D eigenvalue weighted by Gasteiger charge is 2.37. The van der Waals surface area contributed by atoms with Gasteiger partial charge in [-0.05, 0) is 42.0 Å². The van der Waals surface area contributed by atoms with E-state index < -0.39 is 12.0 Å². The van der Waals surface area contributed by atoms with Gasteiger partial charge in [-0.15, -0.1) is 0 Å². The maximum Gasteiger partial charge on any atom is 0.320 e. The van der Waals surface area contributed by atoms with Crippen LogP contribution < -0.4 is 0 Å². The molecule has 3 nitrogen and oxygen atoms in total. The van der Waals surface area contributed by atoms with E-state index >= 15 is 0 Å². The SMILES string of the molecule is CCc1ccc(C(c2ccccc2Br)N2CCCC2C(=O)O)cc1. The van der Waals surface area contributed by atoms with Crippen molar-refractivity contribution >= 4 is 21.9 Å². The van der Waals surface area contributed by atoms with Crippen molar-refractivity contribution in [1.82, 2.24) is 4.90 Å². The summed E-state index contributed by atoms with van der Waals surface area (Å²) in [5, 5.41) is 9.62. The average molecular weight is 388 g/mol. The van der Waals surface area contributed by atoms with Crippen molar-refractivity contribution in [2.24, 2.45) is 0 Å². The van der Waals surface area contributed by atoms with E-state index in [9.17, 15) is 9.90 Å². The summed E-state index contributed by atoms with van der Waals surface area (Å²) >= 11 is 3.65. The van der Waals surface area contributed by atoms with Crippen LogP contribution in [0.25, 0.3) is 0 Å². The molecule has 0 spiro atoms. The number of hydrogen-bond acceptors (Lipinski definition) is 2. The summed E-state index contributed by atoms with van der Waals surface area (Å²) in [5.41, 5.74) is 3.56. The molecule has 0 saturated carbocycles. The maximum atomic E-state index is 11.7. The lowest BCUT2D eigenvalue weighted by atomic mass is 9.95. The molecule has 1 aliphatic rings. The summed E-state index contributed by atoms with van der Waals surface area (Å²) in [6.45, 7) is 2.94. The number of aryl methyl sites for hydroxylation is 1. The number of halogens is 1. The Labute approximate surface area is 151 Å². The second kappa shape index (κ2) is 7.49. The molecule has 1 saturated heterocycles. The van der Waals surface area contributed by atoms with Crippen molar-refractivity contribution in [3.05, 3.63) is 69.7 Å². The van der Waals surface area contributed by atoms with Crippen molar-refractivity contribution in [3.8, 4) is 0 Å². The number of carboxylic acid groups (broad SMARTS) is 1. The van der Waals surface area contributed by atoms with Gasteiger partial charge in [-0.1, -0.05) is 65.3 Å². The number of hydrogen-bond donors (Lipinski definition) is 1. The standard InChI is InChI=1S/C20H22BrNO2/c1-2-14-9-11-15(12-10-14)19(16-6-3-4-7-17(16)21)22-13-5-8-18(22)20(23)24/h3-4,6-7,9-12,18-19H,2,5,8,13H2,1H3,(H,23,24). The lowest BCUT2D eigenvalue weighted by Gasteiger charge is -2.32. The minimum absolute atomic E-state index is 0.0462. The predicted molar refractivity (Wildman–Crippen MR) is 99.2 cm³/mol. The van der Waals surface area contributed by atoms with E-state index in [-0.39, 0.29) is 6.04 Å². The highest BCUT2D eigenvalue weighted by Crippen LogP contribution is 2.38. The smallest absolute Gasteiger partial charge is 0.320 e. The second-order valence-corrected chi connectivity index (χ2v) is 7.11. The summed E-state index contributed by atoms with van der Waals surface area (Å²) < 4.78 is 1.02. The number of carboxylic acids is 1. The number of rotatable bonds is 5. The van der Waals surface area contributed by atoms with E-state index in [1.54, 1.807) is 0 Å². The van der Waals surface area contributed by atoms with Crippen LogP contribution in [-0.2, 0) is 11.2 Å². The van der Waals surface area contributed by atoms with Crippen molar-refractivity contribution in [2.45, 2.75) is 38.3 Å². The Kier molecular flexibility index (Phi) is 5.36. The molecule has 4 heteroatoms. The normalized spacial score (nSPS) is 19.3. The van der Waals surface area contributed by atoms with Crippen LogP contribution in [0.15, 0.2) is 53.0 Å². The molecule has 0 aliphatic carbocycles. The van der Waals surface area contributed by atoms with Gasteiger partial charge in [0, 0.05) is 11.0 Å². The summed E-state index contributed by atoms with van der Waals surface area (Å²) in [7, 11) is 0. The Hall–Kier alpha value is -1.65. The lowest BCUT2D eigenvalue weighted by molar-refractivity contribution is -0.142. The van der Waals surface area contributed by atoms with Crippen molar-refractivity contribution in [1.29, 1.82) is 0 Å². The molecule has 1 aliphatic heterocycles. The fraction of sp³-hybridized carbons (Fsp3) is 0.350. The Morgan fingerprint density at radius 3 is 2.58 bits per heavy atom. The van der Waals surface area contributed by atoms with Gasteiger partial charge in [-0.25, -0.2) is 0 Å². The molecule has 1 fully saturated rings. The molecule has 2 aromatic carbocycles. The van der Waals surface area contributed by atoms with Crippen LogP contribution in [-0.4, -0.2) is 28.6 Å². The van der Waals surface area contributed by atoms with Gasteiger partial charge in [0.25, 0.3) is 0 Å². The quantitative estimate of drug-likeness (QED) is 0.811. The van der Waals surface area contributed by atoms with Crippen molar-refractivity contribution in [3.63, 3.8) is 0 Å². The third-order valence-electron chi connectivity index (χ3n) is 4.81. The molecule has 1 N–H and O–H groups in total. The molecule has 0 radical (unpaired) electrons. The fourth-order valence-electron chi connectivity index (χ4n) is 3.55. The van der Waals surface area contributed by atoms with Gasteiger partial charge < -0.3 is 5.11 Å². The zero-order valence-electron chi connectivity index (χ0n) is 13.8. The molecule has 2 aromatic rings. The summed E-state index contributed by atoms with van der Waals surface area (Å²) in [6.07, 6.45) is 2.63. The van der Waals surface area contributed by atoms with E-state index in [1.165, 1.54) is 5.56 Å². The molecule has 24 heavy (non-hydrogen) atoms. The zero-order chi connectivity index (χ0) is 17.1. The number of carbonyl (C=O) groups is 1. The fourth-order valence-corrected chi connectivity index (χ4v) is 4.05. The molecule has 0 bridgehead atoms.